The summed E-state index contributed by atoms with van der Waals surface area (Å²) in [6.45, 7) is 3.80. The topological polar surface area (TPSA) is 102 Å². The van der Waals surface area contributed by atoms with Crippen LogP contribution in [0.5, 0.6) is 0 Å². The molecule has 2 rings (SSSR count). The molecule has 1 aromatic rings. The Morgan fingerprint density at radius 3 is 2.81 bits per heavy atom. The van der Waals surface area contributed by atoms with E-state index in [1.165, 1.54) is 11.3 Å². The molecular weight excluding hydrogens is 224 g/mol. The van der Waals surface area contributed by atoms with Crippen molar-refractivity contribution in [3.8, 4) is 0 Å². The quantitative estimate of drug-likeness (QED) is 0.585. The van der Waals surface area contributed by atoms with Crippen LogP contribution in [0, 0.1) is 0 Å². The van der Waals surface area contributed by atoms with Gasteiger partial charge in [-0.1, -0.05) is 0 Å². The predicted molar refractivity (Wildman–Crippen MR) is 66.5 cm³/mol. The highest BCUT2D eigenvalue weighted by atomic mass is 32.1. The van der Waals surface area contributed by atoms with Crippen molar-refractivity contribution >= 4 is 34.5 Å². The van der Waals surface area contributed by atoms with Gasteiger partial charge in [-0.15, -0.1) is 11.3 Å². The molecule has 2 heterocycles. The van der Waals surface area contributed by atoms with Crippen LogP contribution >= 0.6 is 11.3 Å². The van der Waals surface area contributed by atoms with E-state index in [-0.39, 0.29) is 5.96 Å². The number of hydrogen-bond donors (Lipinski definition) is 2. The van der Waals surface area contributed by atoms with Crippen molar-refractivity contribution in [2.45, 2.75) is 19.4 Å². The zero-order valence-electron chi connectivity index (χ0n) is 9.01. The number of aromatic nitrogens is 1. The third-order valence-electron chi connectivity index (χ3n) is 2.13. The van der Waals surface area contributed by atoms with Crippen LogP contribution < -0.4 is 11.5 Å². The number of rotatable bonds is 2. The van der Waals surface area contributed by atoms with Crippen molar-refractivity contribution in [1.29, 1.82) is 0 Å². The molecule has 0 spiro atoms. The van der Waals surface area contributed by atoms with Gasteiger partial charge < -0.3 is 11.5 Å². The van der Waals surface area contributed by atoms with E-state index >= 15 is 0 Å². The van der Waals surface area contributed by atoms with Crippen molar-refractivity contribution < 1.29 is 0 Å². The molecule has 0 saturated heterocycles. The molecule has 0 saturated carbocycles. The Kier molecular flexibility index (Phi) is 2.47. The van der Waals surface area contributed by atoms with Gasteiger partial charge in [0.15, 0.2) is 5.96 Å². The lowest BCUT2D eigenvalue weighted by atomic mass is 10.0. The first kappa shape index (κ1) is 10.7. The fraction of sp³-hybridized carbons (Fsp3) is 0.333. The lowest BCUT2D eigenvalue weighted by Gasteiger charge is -2.12. The molecule has 0 fully saturated rings. The summed E-state index contributed by atoms with van der Waals surface area (Å²) in [6.07, 6.45) is 1.77. The number of guanidine groups is 1. The van der Waals surface area contributed by atoms with E-state index in [0.29, 0.717) is 5.13 Å². The van der Waals surface area contributed by atoms with Gasteiger partial charge in [0.05, 0.1) is 5.69 Å². The second kappa shape index (κ2) is 3.67. The van der Waals surface area contributed by atoms with Crippen molar-refractivity contribution in [2.24, 2.45) is 26.4 Å². The molecule has 1 atom stereocenters. The van der Waals surface area contributed by atoms with E-state index in [1.54, 1.807) is 6.21 Å². The van der Waals surface area contributed by atoms with Crippen LogP contribution in [-0.4, -0.2) is 23.0 Å². The van der Waals surface area contributed by atoms with Gasteiger partial charge in [0.25, 0.3) is 0 Å². The van der Waals surface area contributed by atoms with Crippen LogP contribution in [0.2, 0.25) is 0 Å². The lowest BCUT2D eigenvalue weighted by Crippen LogP contribution is -2.22. The number of hydrogen-bond acceptors (Lipinski definition) is 5. The number of nitrogens with two attached hydrogens (primary N) is 2. The maximum Gasteiger partial charge on any atom is 0.212 e. The van der Waals surface area contributed by atoms with Gasteiger partial charge in [0.2, 0.25) is 5.13 Å². The Labute approximate surface area is 96.8 Å². The van der Waals surface area contributed by atoms with Crippen molar-refractivity contribution in [2.75, 3.05) is 0 Å². The highest BCUT2D eigenvalue weighted by Crippen LogP contribution is 2.30. The van der Waals surface area contributed by atoms with E-state index in [4.69, 9.17) is 11.5 Å². The Balaban J connectivity index is 2.33. The molecule has 0 aromatic carbocycles. The molecule has 84 valence electrons. The van der Waals surface area contributed by atoms with E-state index in [9.17, 15) is 0 Å². The van der Waals surface area contributed by atoms with Crippen molar-refractivity contribution in [3.05, 3.63) is 11.1 Å². The highest BCUT2D eigenvalue weighted by Gasteiger charge is 2.30. The average molecular weight is 236 g/mol. The maximum absolute atomic E-state index is 5.28. The Morgan fingerprint density at radius 2 is 2.25 bits per heavy atom. The first-order valence-corrected chi connectivity index (χ1v) is 5.55. The van der Waals surface area contributed by atoms with Gasteiger partial charge in [0, 0.05) is 11.6 Å². The smallest absolute Gasteiger partial charge is 0.212 e. The SMILES string of the molecule is CC1=NC(C)(c2csc(N=C(N)N)n2)C=N1. The number of thiazole rings is 1. The van der Waals surface area contributed by atoms with Gasteiger partial charge >= 0.3 is 0 Å². The van der Waals surface area contributed by atoms with E-state index < -0.39 is 5.54 Å². The summed E-state index contributed by atoms with van der Waals surface area (Å²) in [5, 5.41) is 2.42. The number of nitrogens with zero attached hydrogens (tertiary/aromatic N) is 4. The zero-order valence-corrected chi connectivity index (χ0v) is 9.82. The van der Waals surface area contributed by atoms with Crippen LogP contribution in [0.4, 0.5) is 5.13 Å². The van der Waals surface area contributed by atoms with Gasteiger partial charge in [-0.25, -0.2) is 9.98 Å². The third kappa shape index (κ3) is 1.94. The van der Waals surface area contributed by atoms with E-state index in [0.717, 1.165) is 11.5 Å². The first-order valence-electron chi connectivity index (χ1n) is 4.67. The van der Waals surface area contributed by atoms with Crippen LogP contribution in [-0.2, 0) is 5.54 Å². The number of amidine groups is 1. The van der Waals surface area contributed by atoms with Crippen LogP contribution in [0.15, 0.2) is 20.4 Å². The zero-order chi connectivity index (χ0) is 11.8. The van der Waals surface area contributed by atoms with Crippen molar-refractivity contribution in [1.82, 2.24) is 4.98 Å². The summed E-state index contributed by atoms with van der Waals surface area (Å²) in [4.78, 5) is 16.8. The third-order valence-corrected chi connectivity index (χ3v) is 2.87. The molecule has 1 unspecified atom stereocenters. The molecule has 4 N–H and O–H groups in total. The molecule has 1 aromatic heterocycles. The summed E-state index contributed by atoms with van der Waals surface area (Å²) in [6, 6.07) is 0. The number of aliphatic imine (C=N–C) groups is 3. The normalized spacial score (nSPS) is 23.2. The fourth-order valence-electron chi connectivity index (χ4n) is 1.39. The molecule has 6 nitrogen and oxygen atoms in total. The standard InChI is InChI=1S/C9H12N6S/c1-5-12-4-9(2,15-5)6-3-16-8(13-6)14-7(10)11/h3-4H,1-2H3,(H4,10,11,13,14). The average Bonchev–Trinajstić information content (AvgIpc) is 2.74. The maximum atomic E-state index is 5.28. The van der Waals surface area contributed by atoms with E-state index in [2.05, 4.69) is 20.0 Å². The lowest BCUT2D eigenvalue weighted by molar-refractivity contribution is 0.686. The first-order chi connectivity index (χ1) is 7.49. The Hall–Kier alpha value is -1.76. The van der Waals surface area contributed by atoms with Gasteiger partial charge in [-0.2, -0.15) is 4.99 Å². The summed E-state index contributed by atoms with van der Waals surface area (Å²) < 4.78 is 0. The second-order valence-corrected chi connectivity index (χ2v) is 4.45. The summed E-state index contributed by atoms with van der Waals surface area (Å²) in [5.74, 6) is 0.754. The monoisotopic (exact) mass is 236 g/mol. The Morgan fingerprint density at radius 1 is 1.50 bits per heavy atom. The largest absolute Gasteiger partial charge is 0.370 e. The second-order valence-electron chi connectivity index (χ2n) is 3.62. The molecule has 0 aliphatic carbocycles. The predicted octanol–water partition coefficient (Wildman–Crippen LogP) is 0.766. The molecule has 0 amide bonds. The molecular formula is C9H12N6S. The van der Waals surface area contributed by atoms with Crippen LogP contribution in [0.3, 0.4) is 0 Å². The van der Waals surface area contributed by atoms with Gasteiger partial charge in [-0.3, -0.25) is 4.99 Å². The van der Waals surface area contributed by atoms with Gasteiger partial charge in [0.1, 0.15) is 11.4 Å². The molecule has 1 aliphatic heterocycles. The highest BCUT2D eigenvalue weighted by molar-refractivity contribution is 7.13. The molecule has 0 bridgehead atoms. The molecule has 1 aliphatic rings. The summed E-state index contributed by atoms with van der Waals surface area (Å²) in [5.41, 5.74) is 10.9. The summed E-state index contributed by atoms with van der Waals surface area (Å²) >= 11 is 1.37. The molecule has 16 heavy (non-hydrogen) atoms. The van der Waals surface area contributed by atoms with Crippen LogP contribution in [0.1, 0.15) is 19.5 Å². The minimum atomic E-state index is -0.488. The van der Waals surface area contributed by atoms with Gasteiger partial charge in [-0.05, 0) is 13.8 Å². The summed E-state index contributed by atoms with van der Waals surface area (Å²) in [7, 11) is 0. The van der Waals surface area contributed by atoms with Crippen molar-refractivity contribution in [3.63, 3.8) is 0 Å². The minimum Gasteiger partial charge on any atom is -0.370 e. The molecule has 7 heteroatoms. The van der Waals surface area contributed by atoms with E-state index in [1.807, 2.05) is 19.2 Å². The fourth-order valence-corrected chi connectivity index (χ4v) is 2.21. The van der Waals surface area contributed by atoms with Crippen LogP contribution in [0.25, 0.3) is 0 Å². The Bertz CT molecular complexity index is 496. The molecule has 0 radical (unpaired) electrons. The minimum absolute atomic E-state index is 0.00539.